The summed E-state index contributed by atoms with van der Waals surface area (Å²) in [5, 5.41) is 2.29. The third-order valence-corrected chi connectivity index (χ3v) is 4.21. The highest BCUT2D eigenvalue weighted by Gasteiger charge is 2.10. The topological polar surface area (TPSA) is 13.1 Å². The second kappa shape index (κ2) is 4.50. The van der Waals surface area contributed by atoms with E-state index in [2.05, 4.69) is 58.4 Å². The molecule has 20 heavy (non-hydrogen) atoms. The summed E-state index contributed by atoms with van der Waals surface area (Å²) in [5.41, 5.74) is 4.22. The highest BCUT2D eigenvalue weighted by atomic mass is 79.9. The van der Waals surface area contributed by atoms with Gasteiger partial charge in [0, 0.05) is 15.2 Å². The largest absolute Gasteiger partial charge is 0.456 e. The van der Waals surface area contributed by atoms with Crippen molar-refractivity contribution in [3.05, 3.63) is 71.2 Å². The van der Waals surface area contributed by atoms with E-state index in [9.17, 15) is 0 Å². The van der Waals surface area contributed by atoms with Gasteiger partial charge in [-0.25, -0.2) is 0 Å². The van der Waals surface area contributed by atoms with Crippen LogP contribution >= 0.6 is 15.9 Å². The lowest BCUT2D eigenvalue weighted by molar-refractivity contribution is 0.669. The highest BCUT2D eigenvalue weighted by molar-refractivity contribution is 9.10. The number of furan rings is 1. The molecule has 4 rings (SSSR count). The Labute approximate surface area is 125 Å². The van der Waals surface area contributed by atoms with Crippen LogP contribution in [0.3, 0.4) is 0 Å². The van der Waals surface area contributed by atoms with E-state index in [-0.39, 0.29) is 0 Å². The summed E-state index contributed by atoms with van der Waals surface area (Å²) < 4.78 is 7.04. The Morgan fingerprint density at radius 1 is 0.700 bits per heavy atom. The number of hydrogen-bond acceptors (Lipinski definition) is 1. The Bertz CT molecular complexity index is 907. The Balaban J connectivity index is 2.01. The van der Waals surface area contributed by atoms with Gasteiger partial charge in [-0.15, -0.1) is 0 Å². The molecule has 0 bridgehead atoms. The Kier molecular flexibility index (Phi) is 2.64. The van der Waals surface area contributed by atoms with Crippen molar-refractivity contribution in [1.82, 2.24) is 0 Å². The average molecular weight is 323 g/mol. The van der Waals surface area contributed by atoms with E-state index in [0.717, 1.165) is 26.4 Å². The van der Waals surface area contributed by atoms with Crippen molar-refractivity contribution in [2.75, 3.05) is 0 Å². The summed E-state index contributed by atoms with van der Waals surface area (Å²) in [5.74, 6) is 0. The molecule has 0 aliphatic heterocycles. The molecule has 1 nitrogen and oxygen atoms in total. The molecule has 0 amide bonds. The van der Waals surface area contributed by atoms with Crippen LogP contribution in [0.1, 0.15) is 0 Å². The smallest absolute Gasteiger partial charge is 0.136 e. The lowest BCUT2D eigenvalue weighted by Crippen LogP contribution is -1.76. The van der Waals surface area contributed by atoms with Crippen LogP contribution in [0.15, 0.2) is 75.6 Å². The predicted molar refractivity (Wildman–Crippen MR) is 86.9 cm³/mol. The molecule has 1 heterocycles. The molecule has 0 spiro atoms. The van der Waals surface area contributed by atoms with Gasteiger partial charge in [0.05, 0.1) is 0 Å². The summed E-state index contributed by atoms with van der Waals surface area (Å²) in [4.78, 5) is 0. The summed E-state index contributed by atoms with van der Waals surface area (Å²) >= 11 is 3.60. The van der Waals surface area contributed by atoms with Crippen LogP contribution in [0.5, 0.6) is 0 Å². The minimum Gasteiger partial charge on any atom is -0.456 e. The lowest BCUT2D eigenvalue weighted by Gasteiger charge is -2.00. The monoisotopic (exact) mass is 322 g/mol. The van der Waals surface area contributed by atoms with Gasteiger partial charge in [-0.2, -0.15) is 0 Å². The van der Waals surface area contributed by atoms with Gasteiger partial charge < -0.3 is 4.42 Å². The molecule has 2 heteroatoms. The van der Waals surface area contributed by atoms with Crippen molar-refractivity contribution >= 4 is 37.9 Å². The second-order valence-electron chi connectivity index (χ2n) is 4.79. The molecular weight excluding hydrogens is 312 g/mol. The Hall–Kier alpha value is -2.06. The molecule has 4 aromatic rings. The molecule has 0 atom stereocenters. The molecule has 96 valence electrons. The second-order valence-corrected chi connectivity index (χ2v) is 5.65. The zero-order chi connectivity index (χ0) is 13.5. The Morgan fingerprint density at radius 2 is 1.55 bits per heavy atom. The van der Waals surface area contributed by atoms with Crippen LogP contribution in [0.25, 0.3) is 33.1 Å². The van der Waals surface area contributed by atoms with Gasteiger partial charge in [0.25, 0.3) is 0 Å². The van der Waals surface area contributed by atoms with E-state index < -0.39 is 0 Å². The molecule has 3 aromatic carbocycles. The molecule has 0 saturated carbocycles. The van der Waals surface area contributed by atoms with Gasteiger partial charge in [-0.1, -0.05) is 58.4 Å². The zero-order valence-electron chi connectivity index (χ0n) is 10.6. The van der Waals surface area contributed by atoms with Crippen LogP contribution in [0, 0.1) is 0 Å². The average Bonchev–Trinajstić information content (AvgIpc) is 2.87. The first-order valence-electron chi connectivity index (χ1n) is 6.49. The molecule has 0 unspecified atom stereocenters. The number of fused-ring (bicyclic) bond motifs is 3. The van der Waals surface area contributed by atoms with E-state index >= 15 is 0 Å². The summed E-state index contributed by atoms with van der Waals surface area (Å²) in [6, 6.07) is 22.8. The van der Waals surface area contributed by atoms with Crippen molar-refractivity contribution in [2.24, 2.45) is 0 Å². The maximum atomic E-state index is 5.97. The van der Waals surface area contributed by atoms with E-state index in [0.29, 0.717) is 0 Å². The van der Waals surface area contributed by atoms with Crippen LogP contribution < -0.4 is 0 Å². The molecule has 0 saturated heterocycles. The van der Waals surface area contributed by atoms with Gasteiger partial charge in [0.15, 0.2) is 0 Å². The molecule has 0 aliphatic carbocycles. The summed E-state index contributed by atoms with van der Waals surface area (Å²) in [7, 11) is 0. The number of benzene rings is 3. The third-order valence-electron chi connectivity index (χ3n) is 3.55. The van der Waals surface area contributed by atoms with Gasteiger partial charge in [-0.05, 0) is 35.4 Å². The third kappa shape index (κ3) is 1.76. The lowest BCUT2D eigenvalue weighted by atomic mass is 10.0. The van der Waals surface area contributed by atoms with Crippen LogP contribution in [0.2, 0.25) is 0 Å². The fourth-order valence-corrected chi connectivity index (χ4v) is 3.15. The number of halogens is 1. The van der Waals surface area contributed by atoms with E-state index in [1.165, 1.54) is 11.1 Å². The highest BCUT2D eigenvalue weighted by Crippen LogP contribution is 2.35. The molecule has 0 aliphatic rings. The van der Waals surface area contributed by atoms with Crippen molar-refractivity contribution < 1.29 is 4.42 Å². The van der Waals surface area contributed by atoms with Crippen molar-refractivity contribution in [2.45, 2.75) is 0 Å². The van der Waals surface area contributed by atoms with Gasteiger partial charge in [-0.3, -0.25) is 0 Å². The van der Waals surface area contributed by atoms with E-state index in [4.69, 9.17) is 4.42 Å². The van der Waals surface area contributed by atoms with E-state index in [1.807, 2.05) is 24.3 Å². The quantitative estimate of drug-likeness (QED) is 0.418. The molecule has 0 fully saturated rings. The first-order chi connectivity index (χ1) is 9.83. The first-order valence-corrected chi connectivity index (χ1v) is 7.28. The zero-order valence-corrected chi connectivity index (χ0v) is 12.2. The normalized spacial score (nSPS) is 11.2. The molecule has 1 aromatic heterocycles. The van der Waals surface area contributed by atoms with Gasteiger partial charge >= 0.3 is 0 Å². The minimum atomic E-state index is 0.916. The summed E-state index contributed by atoms with van der Waals surface area (Å²) in [6.45, 7) is 0. The van der Waals surface area contributed by atoms with Crippen LogP contribution in [0.4, 0.5) is 0 Å². The first kappa shape index (κ1) is 11.7. The maximum Gasteiger partial charge on any atom is 0.136 e. The SMILES string of the molecule is Brc1cccc2oc3cc(-c4ccccc4)ccc3c12. The van der Waals surface area contributed by atoms with Crippen molar-refractivity contribution in [3.63, 3.8) is 0 Å². The van der Waals surface area contributed by atoms with Crippen molar-refractivity contribution in [3.8, 4) is 11.1 Å². The fourth-order valence-electron chi connectivity index (χ4n) is 2.59. The Morgan fingerprint density at radius 3 is 2.40 bits per heavy atom. The number of rotatable bonds is 1. The fraction of sp³-hybridized carbons (Fsp3) is 0. The minimum absolute atomic E-state index is 0.916. The van der Waals surface area contributed by atoms with Crippen molar-refractivity contribution in [1.29, 1.82) is 0 Å². The molecular formula is C18H11BrO. The van der Waals surface area contributed by atoms with Crippen LogP contribution in [-0.4, -0.2) is 0 Å². The summed E-state index contributed by atoms with van der Waals surface area (Å²) in [6.07, 6.45) is 0. The number of hydrogen-bond donors (Lipinski definition) is 0. The maximum absolute atomic E-state index is 5.97. The van der Waals surface area contributed by atoms with Gasteiger partial charge in [0.2, 0.25) is 0 Å². The van der Waals surface area contributed by atoms with Gasteiger partial charge in [0.1, 0.15) is 11.2 Å². The van der Waals surface area contributed by atoms with Crippen LogP contribution in [-0.2, 0) is 0 Å². The molecule has 0 radical (unpaired) electrons. The predicted octanol–water partition coefficient (Wildman–Crippen LogP) is 6.02. The van der Waals surface area contributed by atoms with E-state index in [1.54, 1.807) is 0 Å². The molecule has 0 N–H and O–H groups in total. The standard InChI is InChI=1S/C18H11BrO/c19-15-7-4-8-16-18(15)14-10-9-13(11-17(14)20-16)12-5-2-1-3-6-12/h1-11H.